The minimum Gasteiger partial charge on any atom is -0.208 e. The third-order valence-corrected chi connectivity index (χ3v) is 0.549. The van der Waals surface area contributed by atoms with Crippen LogP contribution in [0.15, 0.2) is 24.1 Å². The highest BCUT2D eigenvalue weighted by Crippen LogP contribution is 1.98. The highest BCUT2D eigenvalue weighted by molar-refractivity contribution is 5.24. The monoisotopic (exact) mass is 111 g/mol. The lowest BCUT2D eigenvalue weighted by Crippen LogP contribution is -1.66. The fourth-order valence-corrected chi connectivity index (χ4v) is 0.267. The van der Waals surface area contributed by atoms with Crippen LogP contribution in [0.2, 0.25) is 0 Å². The zero-order chi connectivity index (χ0) is 6.57. The first-order valence-corrected chi connectivity index (χ1v) is 2.09. The second-order valence-corrected chi connectivity index (χ2v) is 1.39. The van der Waals surface area contributed by atoms with Crippen molar-refractivity contribution in [1.82, 2.24) is 0 Å². The molecule has 0 bridgehead atoms. The number of nitrogens with zero attached hydrogens (tertiary/aromatic N) is 1. The average molecular weight is 111 g/mol. The van der Waals surface area contributed by atoms with Gasteiger partial charge in [0.25, 0.3) is 0 Å². The number of allylic oxidation sites excluding steroid dienone is 3. The van der Waals surface area contributed by atoms with Crippen molar-refractivity contribution in [2.45, 2.75) is 6.92 Å². The molecule has 0 saturated heterocycles. The van der Waals surface area contributed by atoms with E-state index in [0.717, 1.165) is 6.08 Å². The van der Waals surface area contributed by atoms with Crippen LogP contribution in [-0.4, -0.2) is 0 Å². The second-order valence-electron chi connectivity index (χ2n) is 1.39. The van der Waals surface area contributed by atoms with E-state index >= 15 is 0 Å². The molecule has 0 aliphatic carbocycles. The van der Waals surface area contributed by atoms with E-state index in [2.05, 4.69) is 6.58 Å². The van der Waals surface area contributed by atoms with Gasteiger partial charge in [-0.3, -0.25) is 0 Å². The molecule has 0 aromatic rings. The van der Waals surface area contributed by atoms with E-state index in [1.807, 2.05) is 0 Å². The van der Waals surface area contributed by atoms with Gasteiger partial charge >= 0.3 is 0 Å². The molecule has 42 valence electrons. The summed E-state index contributed by atoms with van der Waals surface area (Å²) in [6, 6.07) is 1.76. The van der Waals surface area contributed by atoms with Crippen LogP contribution in [0.25, 0.3) is 0 Å². The van der Waals surface area contributed by atoms with Crippen molar-refractivity contribution >= 4 is 0 Å². The Kier molecular flexibility index (Phi) is 2.57. The molecule has 0 aromatic heterocycles. The Morgan fingerprint density at radius 3 is 2.50 bits per heavy atom. The van der Waals surface area contributed by atoms with Gasteiger partial charge in [-0.15, -0.1) is 0 Å². The van der Waals surface area contributed by atoms with Crippen LogP contribution >= 0.6 is 0 Å². The Morgan fingerprint density at radius 1 is 1.88 bits per heavy atom. The molecule has 0 amide bonds. The summed E-state index contributed by atoms with van der Waals surface area (Å²) >= 11 is 0. The van der Waals surface area contributed by atoms with Gasteiger partial charge in [0.2, 0.25) is 0 Å². The molecule has 0 atom stereocenters. The zero-order valence-corrected chi connectivity index (χ0v) is 4.61. The predicted molar refractivity (Wildman–Crippen MR) is 29.6 cm³/mol. The van der Waals surface area contributed by atoms with Gasteiger partial charge in [0, 0.05) is 5.57 Å². The molecule has 0 saturated carbocycles. The van der Waals surface area contributed by atoms with Crippen molar-refractivity contribution in [3.05, 3.63) is 24.1 Å². The van der Waals surface area contributed by atoms with Crippen molar-refractivity contribution in [3.8, 4) is 6.07 Å². The third kappa shape index (κ3) is 3.10. The van der Waals surface area contributed by atoms with Gasteiger partial charge in [0.1, 0.15) is 5.83 Å². The average Bonchev–Trinajstić information content (AvgIpc) is 1.65. The first-order valence-electron chi connectivity index (χ1n) is 2.09. The van der Waals surface area contributed by atoms with Crippen LogP contribution in [0.4, 0.5) is 4.39 Å². The fraction of sp³-hybridized carbons (Fsp3) is 0.167. The maximum Gasteiger partial charge on any atom is 0.117 e. The Morgan fingerprint density at radius 2 is 2.38 bits per heavy atom. The predicted octanol–water partition coefficient (Wildman–Crippen LogP) is 1.94. The first kappa shape index (κ1) is 6.90. The number of nitriles is 1. The topological polar surface area (TPSA) is 23.8 Å². The molecular formula is C6H6FN. The van der Waals surface area contributed by atoms with Gasteiger partial charge in [0.05, 0.1) is 6.07 Å². The van der Waals surface area contributed by atoms with Crippen LogP contribution in [0.3, 0.4) is 0 Å². The SMILES string of the molecule is C=C(F)/C=C(\C)C#N. The molecule has 0 aliphatic rings. The molecule has 8 heavy (non-hydrogen) atoms. The van der Waals surface area contributed by atoms with Crippen molar-refractivity contribution < 1.29 is 4.39 Å². The summed E-state index contributed by atoms with van der Waals surface area (Å²) in [4.78, 5) is 0. The second kappa shape index (κ2) is 2.98. The summed E-state index contributed by atoms with van der Waals surface area (Å²) in [5.41, 5.74) is 0.331. The molecule has 0 rings (SSSR count). The van der Waals surface area contributed by atoms with Gasteiger partial charge < -0.3 is 0 Å². The molecule has 2 heteroatoms. The molecule has 0 N–H and O–H groups in total. The lowest BCUT2D eigenvalue weighted by atomic mass is 10.3. The lowest BCUT2D eigenvalue weighted by Gasteiger charge is -1.79. The maximum atomic E-state index is 11.7. The summed E-state index contributed by atoms with van der Waals surface area (Å²) < 4.78 is 11.7. The molecule has 0 aliphatic heterocycles. The molecule has 0 spiro atoms. The molecule has 0 fully saturated rings. The molecule has 0 aromatic carbocycles. The van der Waals surface area contributed by atoms with E-state index in [9.17, 15) is 4.39 Å². The summed E-state index contributed by atoms with van der Waals surface area (Å²) in [5.74, 6) is -0.580. The maximum absolute atomic E-state index is 11.7. The van der Waals surface area contributed by atoms with Crippen LogP contribution < -0.4 is 0 Å². The Hall–Kier alpha value is -1.10. The largest absolute Gasteiger partial charge is 0.208 e. The minimum absolute atomic E-state index is 0.331. The van der Waals surface area contributed by atoms with E-state index in [-0.39, 0.29) is 0 Å². The summed E-state index contributed by atoms with van der Waals surface area (Å²) in [5, 5.41) is 8.06. The van der Waals surface area contributed by atoms with Gasteiger partial charge in [0.15, 0.2) is 0 Å². The highest BCUT2D eigenvalue weighted by atomic mass is 19.1. The minimum atomic E-state index is -0.580. The van der Waals surface area contributed by atoms with Crippen LogP contribution in [0.5, 0.6) is 0 Å². The molecule has 0 unspecified atom stereocenters. The van der Waals surface area contributed by atoms with Gasteiger partial charge in [-0.05, 0) is 13.0 Å². The van der Waals surface area contributed by atoms with Crippen LogP contribution in [0, 0.1) is 11.3 Å². The van der Waals surface area contributed by atoms with Crippen molar-refractivity contribution in [2.75, 3.05) is 0 Å². The van der Waals surface area contributed by atoms with E-state index in [1.54, 1.807) is 6.07 Å². The summed E-state index contributed by atoms with van der Waals surface area (Å²) in [6.07, 6.45) is 1.08. The normalized spacial score (nSPS) is 10.4. The van der Waals surface area contributed by atoms with Crippen LogP contribution in [-0.2, 0) is 0 Å². The van der Waals surface area contributed by atoms with Crippen molar-refractivity contribution in [3.63, 3.8) is 0 Å². The van der Waals surface area contributed by atoms with E-state index in [4.69, 9.17) is 5.26 Å². The van der Waals surface area contributed by atoms with Gasteiger partial charge in [-0.1, -0.05) is 6.58 Å². The first-order chi connectivity index (χ1) is 3.66. The fourth-order valence-electron chi connectivity index (χ4n) is 0.267. The lowest BCUT2D eigenvalue weighted by molar-refractivity contribution is 0.670. The standard InChI is InChI=1S/C6H6FN/c1-5(4-8)3-6(2)7/h3H,2H2,1H3/b5-3+. The van der Waals surface area contributed by atoms with Crippen LogP contribution in [0.1, 0.15) is 6.92 Å². The van der Waals surface area contributed by atoms with E-state index in [0.29, 0.717) is 5.57 Å². The molecule has 0 radical (unpaired) electrons. The Bertz CT molecular complexity index is 162. The third-order valence-electron chi connectivity index (χ3n) is 0.549. The number of rotatable bonds is 1. The molecule has 1 nitrogen and oxygen atoms in total. The summed E-state index contributed by atoms with van der Waals surface area (Å²) in [7, 11) is 0. The number of halogens is 1. The van der Waals surface area contributed by atoms with Crippen molar-refractivity contribution in [2.24, 2.45) is 0 Å². The molecular weight excluding hydrogens is 105 g/mol. The van der Waals surface area contributed by atoms with E-state index in [1.165, 1.54) is 6.92 Å². The smallest absolute Gasteiger partial charge is 0.117 e. The molecule has 0 heterocycles. The summed E-state index contributed by atoms with van der Waals surface area (Å²) in [6.45, 7) is 4.47. The van der Waals surface area contributed by atoms with Gasteiger partial charge in [-0.25, -0.2) is 4.39 Å². The number of hydrogen-bond donors (Lipinski definition) is 0. The Balaban J connectivity index is 4.01. The number of hydrogen-bond acceptors (Lipinski definition) is 1. The van der Waals surface area contributed by atoms with E-state index < -0.39 is 5.83 Å². The Labute approximate surface area is 47.7 Å². The van der Waals surface area contributed by atoms with Crippen molar-refractivity contribution in [1.29, 1.82) is 5.26 Å². The quantitative estimate of drug-likeness (QED) is 0.374. The van der Waals surface area contributed by atoms with Gasteiger partial charge in [-0.2, -0.15) is 5.26 Å². The zero-order valence-electron chi connectivity index (χ0n) is 4.61. The highest BCUT2D eigenvalue weighted by Gasteiger charge is 1.83.